The van der Waals surface area contributed by atoms with Gasteiger partial charge in [-0.15, -0.1) is 11.8 Å². The maximum atomic E-state index is 13.0. The van der Waals surface area contributed by atoms with E-state index in [-0.39, 0.29) is 12.5 Å². The zero-order valence-electron chi connectivity index (χ0n) is 20.2. The number of carboxylic acids is 1. The van der Waals surface area contributed by atoms with E-state index >= 15 is 0 Å². The topological polar surface area (TPSA) is 75.6 Å². The van der Waals surface area contributed by atoms with E-state index in [9.17, 15) is 14.7 Å². The third-order valence-corrected chi connectivity index (χ3v) is 7.55. The predicted molar refractivity (Wildman–Crippen MR) is 140 cm³/mol. The van der Waals surface area contributed by atoms with Crippen LogP contribution in [0.25, 0.3) is 11.1 Å². The van der Waals surface area contributed by atoms with Gasteiger partial charge in [-0.2, -0.15) is 0 Å². The van der Waals surface area contributed by atoms with Gasteiger partial charge in [0.1, 0.15) is 6.61 Å². The molecule has 0 spiro atoms. The first-order valence-corrected chi connectivity index (χ1v) is 12.8. The molecule has 3 aromatic carbocycles. The summed E-state index contributed by atoms with van der Waals surface area (Å²) in [5.74, 6) is -1.35. The molecule has 6 heteroatoms. The molecule has 0 saturated heterocycles. The van der Waals surface area contributed by atoms with Crippen LogP contribution in [0, 0.1) is 11.3 Å². The lowest BCUT2D eigenvalue weighted by atomic mass is 9.76. The van der Waals surface area contributed by atoms with Crippen LogP contribution < -0.4 is 5.32 Å². The van der Waals surface area contributed by atoms with Crippen molar-refractivity contribution in [3.05, 3.63) is 90.0 Å². The molecule has 0 aliphatic heterocycles. The summed E-state index contributed by atoms with van der Waals surface area (Å²) in [5, 5.41) is 12.9. The van der Waals surface area contributed by atoms with Crippen molar-refractivity contribution >= 4 is 23.8 Å². The Morgan fingerprint density at radius 1 is 0.914 bits per heavy atom. The summed E-state index contributed by atoms with van der Waals surface area (Å²) in [4.78, 5) is 26.2. The van der Waals surface area contributed by atoms with Gasteiger partial charge in [0.2, 0.25) is 0 Å². The number of nitrogens with one attached hydrogen (secondary N) is 1. The Morgan fingerprint density at radius 3 is 2.00 bits per heavy atom. The molecule has 3 aromatic rings. The van der Waals surface area contributed by atoms with Gasteiger partial charge in [-0.1, -0.05) is 87.5 Å². The second-order valence-electron chi connectivity index (χ2n) is 9.88. The number of ether oxygens (including phenoxy) is 1. The van der Waals surface area contributed by atoms with Crippen molar-refractivity contribution in [3.63, 3.8) is 0 Å². The van der Waals surface area contributed by atoms with Crippen LogP contribution in [0.15, 0.2) is 83.8 Å². The number of hydrogen-bond donors (Lipinski definition) is 2. The Kier molecular flexibility index (Phi) is 7.51. The number of rotatable bonds is 8. The molecule has 0 aromatic heterocycles. The molecular formula is C29H31NO4S. The minimum absolute atomic E-state index is 0.0526. The van der Waals surface area contributed by atoms with E-state index in [2.05, 4.69) is 29.6 Å². The van der Waals surface area contributed by atoms with Crippen LogP contribution in [0.2, 0.25) is 0 Å². The van der Waals surface area contributed by atoms with E-state index in [1.54, 1.807) is 0 Å². The standard InChI is InChI=1S/C29H31NO4S/c1-29(2,3)26(27(31)32)25(18-35-19-11-5-4-6-12-19)30-28(33)34-17-24-22-15-9-7-13-20(22)21-14-8-10-16-23(21)24/h4-16,24-26H,17-18H2,1-3H3,(H,30,33)(H,31,32)/t25-,26?/m0/s1. The molecule has 1 aliphatic carbocycles. The molecule has 5 nitrogen and oxygen atoms in total. The number of carbonyl (C=O) groups is 2. The highest BCUT2D eigenvalue weighted by Crippen LogP contribution is 2.44. The zero-order valence-corrected chi connectivity index (χ0v) is 21.0. The Bertz CT molecular complexity index is 1140. The van der Waals surface area contributed by atoms with Crippen LogP contribution in [-0.4, -0.2) is 35.6 Å². The maximum absolute atomic E-state index is 13.0. The van der Waals surface area contributed by atoms with E-state index in [1.807, 2.05) is 75.4 Å². The fourth-order valence-corrected chi connectivity index (χ4v) is 5.86. The van der Waals surface area contributed by atoms with E-state index < -0.39 is 29.4 Å². The first kappa shape index (κ1) is 24.9. The van der Waals surface area contributed by atoms with E-state index in [0.717, 1.165) is 27.1 Å². The smallest absolute Gasteiger partial charge is 0.407 e. The highest BCUT2D eigenvalue weighted by atomic mass is 32.2. The highest BCUT2D eigenvalue weighted by Gasteiger charge is 2.39. The van der Waals surface area contributed by atoms with Gasteiger partial charge < -0.3 is 15.2 Å². The van der Waals surface area contributed by atoms with Gasteiger partial charge in [-0.3, -0.25) is 4.79 Å². The first-order valence-electron chi connectivity index (χ1n) is 11.8. The molecule has 0 bridgehead atoms. The molecule has 1 unspecified atom stereocenters. The molecule has 0 radical (unpaired) electrons. The fraction of sp³-hybridized carbons (Fsp3) is 0.310. The van der Waals surface area contributed by atoms with Gasteiger partial charge in [-0.25, -0.2) is 4.79 Å². The lowest BCUT2D eigenvalue weighted by molar-refractivity contribution is -0.146. The second kappa shape index (κ2) is 10.6. The van der Waals surface area contributed by atoms with Crippen LogP contribution in [0.4, 0.5) is 4.79 Å². The highest BCUT2D eigenvalue weighted by molar-refractivity contribution is 7.99. The Hall–Kier alpha value is -3.25. The fourth-order valence-electron chi connectivity index (χ4n) is 4.86. The number of aliphatic carboxylic acids is 1. The van der Waals surface area contributed by atoms with Crippen molar-refractivity contribution in [2.24, 2.45) is 11.3 Å². The molecular weight excluding hydrogens is 458 g/mol. The van der Waals surface area contributed by atoms with Crippen molar-refractivity contribution < 1.29 is 19.4 Å². The lowest BCUT2D eigenvalue weighted by Crippen LogP contribution is -2.50. The summed E-state index contributed by atoms with van der Waals surface area (Å²) in [6.45, 7) is 5.83. The Labute approximate surface area is 210 Å². The number of hydrogen-bond acceptors (Lipinski definition) is 4. The molecule has 1 amide bonds. The average molecular weight is 490 g/mol. The second-order valence-corrected chi connectivity index (χ2v) is 11.0. The third kappa shape index (κ3) is 5.70. The number of amides is 1. The van der Waals surface area contributed by atoms with Crippen LogP contribution in [-0.2, 0) is 9.53 Å². The quantitative estimate of drug-likeness (QED) is 0.357. The summed E-state index contributed by atoms with van der Waals surface area (Å²) in [5.41, 5.74) is 4.04. The molecule has 4 rings (SSSR count). The summed E-state index contributed by atoms with van der Waals surface area (Å²) in [6, 6.07) is 25.5. The molecule has 0 saturated carbocycles. The number of carbonyl (C=O) groups excluding carboxylic acids is 1. The van der Waals surface area contributed by atoms with E-state index in [0.29, 0.717) is 5.75 Å². The van der Waals surface area contributed by atoms with Gasteiger partial charge in [0, 0.05) is 16.6 Å². The van der Waals surface area contributed by atoms with Crippen molar-refractivity contribution in [1.29, 1.82) is 0 Å². The number of thioether (sulfide) groups is 1. The van der Waals surface area contributed by atoms with Crippen molar-refractivity contribution in [3.8, 4) is 11.1 Å². The van der Waals surface area contributed by atoms with Gasteiger partial charge in [0.15, 0.2) is 0 Å². The molecule has 0 fully saturated rings. The summed E-state index contributed by atoms with van der Waals surface area (Å²) >= 11 is 1.52. The van der Waals surface area contributed by atoms with Crippen LogP contribution >= 0.6 is 11.8 Å². The normalized spacial score (nSPS) is 14.5. The van der Waals surface area contributed by atoms with Crippen molar-refractivity contribution in [2.45, 2.75) is 37.6 Å². The molecule has 2 N–H and O–H groups in total. The van der Waals surface area contributed by atoms with Crippen molar-refractivity contribution in [2.75, 3.05) is 12.4 Å². The summed E-state index contributed by atoms with van der Waals surface area (Å²) < 4.78 is 5.71. The zero-order chi connectivity index (χ0) is 25.0. The Morgan fingerprint density at radius 2 is 1.46 bits per heavy atom. The lowest BCUT2D eigenvalue weighted by Gasteiger charge is -2.34. The maximum Gasteiger partial charge on any atom is 0.407 e. The van der Waals surface area contributed by atoms with Gasteiger partial charge >= 0.3 is 12.1 Å². The van der Waals surface area contributed by atoms with Crippen LogP contribution in [0.1, 0.15) is 37.8 Å². The summed E-state index contributed by atoms with van der Waals surface area (Å²) in [7, 11) is 0. The number of benzene rings is 3. The van der Waals surface area contributed by atoms with E-state index in [4.69, 9.17) is 4.74 Å². The van der Waals surface area contributed by atoms with E-state index in [1.165, 1.54) is 11.8 Å². The number of fused-ring (bicyclic) bond motifs is 3. The molecule has 1 aliphatic rings. The van der Waals surface area contributed by atoms with Crippen LogP contribution in [0.3, 0.4) is 0 Å². The molecule has 182 valence electrons. The molecule has 0 heterocycles. The third-order valence-electron chi connectivity index (χ3n) is 6.42. The van der Waals surface area contributed by atoms with Gasteiger partial charge in [0.05, 0.1) is 12.0 Å². The molecule has 35 heavy (non-hydrogen) atoms. The number of alkyl carbamates (subject to hydrolysis) is 1. The largest absolute Gasteiger partial charge is 0.481 e. The first-order chi connectivity index (χ1) is 16.8. The predicted octanol–water partition coefficient (Wildman–Crippen LogP) is 6.43. The van der Waals surface area contributed by atoms with Gasteiger partial charge in [-0.05, 0) is 39.8 Å². The van der Waals surface area contributed by atoms with Gasteiger partial charge in [0.25, 0.3) is 0 Å². The monoisotopic (exact) mass is 489 g/mol. The van der Waals surface area contributed by atoms with Crippen LogP contribution in [0.5, 0.6) is 0 Å². The van der Waals surface area contributed by atoms with Crippen molar-refractivity contribution in [1.82, 2.24) is 5.32 Å². The summed E-state index contributed by atoms with van der Waals surface area (Å²) in [6.07, 6.45) is -0.596. The average Bonchev–Trinajstić information content (AvgIpc) is 3.14. The Balaban J connectivity index is 1.48. The minimum Gasteiger partial charge on any atom is -0.481 e. The minimum atomic E-state index is -0.935. The number of carboxylic acid groups (broad SMARTS) is 1. The molecule has 2 atom stereocenters. The SMILES string of the molecule is CC(C)(C)C(C(=O)O)[C@H](CSc1ccccc1)NC(=O)OCC1c2ccccc2-c2ccccc21.